The van der Waals surface area contributed by atoms with E-state index >= 15 is 0 Å². The Morgan fingerprint density at radius 2 is 1.92 bits per heavy atom. The number of likely N-dealkylation sites (tertiary alicyclic amines) is 1. The molecule has 0 aromatic heterocycles. The molecule has 0 aromatic rings. The first kappa shape index (κ1) is 11.0. The topological polar surface area (TPSA) is 29.3 Å². The summed E-state index contributed by atoms with van der Waals surface area (Å²) in [6.45, 7) is 10.0. The van der Waals surface area contributed by atoms with Crippen molar-refractivity contribution in [3.05, 3.63) is 0 Å². The van der Waals surface area contributed by atoms with Crippen molar-refractivity contribution in [1.82, 2.24) is 4.90 Å². The molecule has 2 nitrogen and oxygen atoms in total. The lowest BCUT2D eigenvalue weighted by molar-refractivity contribution is 0.262. The van der Waals surface area contributed by atoms with Gasteiger partial charge in [-0.2, -0.15) is 0 Å². The zero-order valence-corrected chi connectivity index (χ0v) is 9.34. The van der Waals surface area contributed by atoms with Gasteiger partial charge in [0, 0.05) is 14.0 Å². The van der Waals surface area contributed by atoms with Gasteiger partial charge >= 0.3 is 0 Å². The zero-order chi connectivity index (χ0) is 9.90. The summed E-state index contributed by atoms with van der Waals surface area (Å²) < 4.78 is 0. The van der Waals surface area contributed by atoms with Crippen LogP contribution in [0.3, 0.4) is 0 Å². The first-order valence-corrected chi connectivity index (χ1v) is 5.57. The lowest BCUT2D eigenvalue weighted by atomic mass is 10.1. The van der Waals surface area contributed by atoms with Gasteiger partial charge in [0.15, 0.2) is 0 Å². The molecule has 2 rings (SSSR count). The maximum Gasteiger partial charge on any atom is 0.00412 e. The summed E-state index contributed by atoms with van der Waals surface area (Å²) >= 11 is 0. The highest BCUT2D eigenvalue weighted by molar-refractivity contribution is 5.00. The molecule has 2 fully saturated rings. The van der Waals surface area contributed by atoms with Crippen LogP contribution in [0, 0.1) is 5.41 Å². The summed E-state index contributed by atoms with van der Waals surface area (Å²) in [5.74, 6) is 0. The van der Waals surface area contributed by atoms with E-state index in [1.807, 2.05) is 6.92 Å². The minimum atomic E-state index is 0. The van der Waals surface area contributed by atoms with Crippen LogP contribution in [0.2, 0.25) is 0 Å². The largest absolute Gasteiger partial charge is 0.331 e. The van der Waals surface area contributed by atoms with Gasteiger partial charge in [0.25, 0.3) is 0 Å². The quantitative estimate of drug-likeness (QED) is 0.679. The fourth-order valence-corrected chi connectivity index (χ4v) is 2.00. The Morgan fingerprint density at radius 1 is 1.38 bits per heavy atom. The van der Waals surface area contributed by atoms with E-state index in [1.54, 1.807) is 0 Å². The van der Waals surface area contributed by atoms with Gasteiger partial charge in [-0.05, 0) is 51.6 Å². The summed E-state index contributed by atoms with van der Waals surface area (Å²) in [6.07, 6.45) is 4.50. The third kappa shape index (κ3) is 2.96. The Kier molecular flexibility index (Phi) is 3.74. The van der Waals surface area contributed by atoms with E-state index < -0.39 is 0 Å². The highest BCUT2D eigenvalue weighted by atomic mass is 15.2. The SMILES string of the molecule is CC(C)N1CCC2(CC2)C1.CCN.[HH]. The molecule has 1 aliphatic carbocycles. The summed E-state index contributed by atoms with van der Waals surface area (Å²) in [5.41, 5.74) is 5.67. The van der Waals surface area contributed by atoms with Gasteiger partial charge in [0.1, 0.15) is 0 Å². The maximum atomic E-state index is 4.85. The van der Waals surface area contributed by atoms with Crippen LogP contribution in [0.1, 0.15) is 41.5 Å². The molecule has 13 heavy (non-hydrogen) atoms. The van der Waals surface area contributed by atoms with Gasteiger partial charge in [-0.25, -0.2) is 0 Å². The van der Waals surface area contributed by atoms with Crippen LogP contribution < -0.4 is 5.73 Å². The third-order valence-corrected chi connectivity index (χ3v) is 3.16. The lowest BCUT2D eigenvalue weighted by Crippen LogP contribution is -2.28. The van der Waals surface area contributed by atoms with Crippen molar-refractivity contribution in [3.8, 4) is 0 Å². The second-order valence-electron chi connectivity index (χ2n) is 4.72. The minimum Gasteiger partial charge on any atom is -0.331 e. The summed E-state index contributed by atoms with van der Waals surface area (Å²) in [6, 6.07) is 0.778. The van der Waals surface area contributed by atoms with Crippen LogP contribution in [-0.2, 0) is 0 Å². The predicted octanol–water partition coefficient (Wildman–Crippen LogP) is 2.09. The highest BCUT2D eigenvalue weighted by Crippen LogP contribution is 2.52. The maximum absolute atomic E-state index is 4.85. The molecule has 2 N–H and O–H groups in total. The highest BCUT2D eigenvalue weighted by Gasteiger charge is 2.47. The molecule has 2 heteroatoms. The Labute approximate surface area is 84.0 Å². The Bertz CT molecular complexity index is 155. The van der Waals surface area contributed by atoms with Crippen molar-refractivity contribution in [3.63, 3.8) is 0 Å². The molecule has 0 bridgehead atoms. The minimum absolute atomic E-state index is 0. The fourth-order valence-electron chi connectivity index (χ4n) is 2.00. The Morgan fingerprint density at radius 3 is 2.15 bits per heavy atom. The molecule has 0 unspecified atom stereocenters. The van der Waals surface area contributed by atoms with Crippen molar-refractivity contribution in [2.45, 2.75) is 46.1 Å². The summed E-state index contributed by atoms with van der Waals surface area (Å²) in [5, 5.41) is 0. The molecule has 1 aliphatic heterocycles. The second kappa shape index (κ2) is 4.43. The van der Waals surface area contributed by atoms with Crippen LogP contribution in [0.25, 0.3) is 0 Å². The van der Waals surface area contributed by atoms with E-state index in [-0.39, 0.29) is 1.43 Å². The van der Waals surface area contributed by atoms with Crippen LogP contribution in [-0.4, -0.2) is 30.6 Å². The van der Waals surface area contributed by atoms with Gasteiger partial charge in [-0.15, -0.1) is 0 Å². The summed E-state index contributed by atoms with van der Waals surface area (Å²) in [4.78, 5) is 2.62. The molecule has 80 valence electrons. The molecule has 1 saturated heterocycles. The first-order chi connectivity index (χ1) is 6.13. The molecule has 0 atom stereocenters. The molecular formula is C11H26N2. The van der Waals surface area contributed by atoms with Crippen molar-refractivity contribution in [1.29, 1.82) is 0 Å². The number of hydrogen-bond acceptors (Lipinski definition) is 2. The summed E-state index contributed by atoms with van der Waals surface area (Å²) in [7, 11) is 0. The molecule has 1 saturated carbocycles. The standard InChI is InChI=1S/C9H17N.C2H7N.H2/c1-8(2)10-6-5-9(7-10)3-4-9;1-2-3;/h8H,3-7H2,1-2H3;2-3H2,1H3;1H. The van der Waals surface area contributed by atoms with E-state index in [0.29, 0.717) is 0 Å². The molecule has 0 radical (unpaired) electrons. The third-order valence-electron chi connectivity index (χ3n) is 3.16. The van der Waals surface area contributed by atoms with E-state index in [0.717, 1.165) is 18.0 Å². The number of nitrogens with zero attached hydrogens (tertiary/aromatic N) is 1. The molecule has 0 aromatic carbocycles. The number of nitrogens with two attached hydrogens (primary N) is 1. The fraction of sp³-hybridized carbons (Fsp3) is 1.00. The monoisotopic (exact) mass is 186 g/mol. The Balaban J connectivity index is 0.000000381. The molecule has 1 spiro atoms. The average molecular weight is 186 g/mol. The van der Waals surface area contributed by atoms with Crippen molar-refractivity contribution in [2.24, 2.45) is 11.1 Å². The molecular weight excluding hydrogens is 160 g/mol. The second-order valence-corrected chi connectivity index (χ2v) is 4.72. The number of hydrogen-bond donors (Lipinski definition) is 1. The van der Waals surface area contributed by atoms with Gasteiger partial charge in [0.2, 0.25) is 0 Å². The van der Waals surface area contributed by atoms with Crippen LogP contribution in [0.5, 0.6) is 0 Å². The first-order valence-electron chi connectivity index (χ1n) is 5.57. The molecule has 0 amide bonds. The lowest BCUT2D eigenvalue weighted by Gasteiger charge is -2.19. The predicted molar refractivity (Wildman–Crippen MR) is 59.8 cm³/mol. The number of rotatable bonds is 1. The van der Waals surface area contributed by atoms with Crippen LogP contribution in [0.4, 0.5) is 0 Å². The Hall–Kier alpha value is -0.0800. The van der Waals surface area contributed by atoms with Gasteiger partial charge in [0.05, 0.1) is 0 Å². The van der Waals surface area contributed by atoms with Crippen LogP contribution in [0.15, 0.2) is 0 Å². The zero-order valence-electron chi connectivity index (χ0n) is 9.34. The van der Waals surface area contributed by atoms with Crippen molar-refractivity contribution >= 4 is 0 Å². The average Bonchev–Trinajstić information content (AvgIpc) is 2.62. The normalized spacial score (nSPS) is 24.7. The smallest absolute Gasteiger partial charge is 0.00412 e. The van der Waals surface area contributed by atoms with E-state index in [9.17, 15) is 0 Å². The van der Waals surface area contributed by atoms with Crippen molar-refractivity contribution < 1.29 is 1.43 Å². The van der Waals surface area contributed by atoms with Gasteiger partial charge < -0.3 is 10.6 Å². The molecule has 2 aliphatic rings. The molecule has 1 heterocycles. The van der Waals surface area contributed by atoms with Gasteiger partial charge in [-0.3, -0.25) is 0 Å². The van der Waals surface area contributed by atoms with Crippen LogP contribution >= 0.6 is 0 Å². The van der Waals surface area contributed by atoms with E-state index in [2.05, 4.69) is 18.7 Å². The van der Waals surface area contributed by atoms with Crippen molar-refractivity contribution in [2.75, 3.05) is 19.6 Å². The van der Waals surface area contributed by atoms with Gasteiger partial charge in [-0.1, -0.05) is 6.92 Å². The van der Waals surface area contributed by atoms with E-state index in [1.165, 1.54) is 32.4 Å². The van der Waals surface area contributed by atoms with E-state index in [4.69, 9.17) is 5.73 Å².